The number of rotatable bonds is 4. The van der Waals surface area contributed by atoms with E-state index in [1.165, 1.54) is 0 Å². The molecule has 0 bridgehead atoms. The van der Waals surface area contributed by atoms with Crippen molar-refractivity contribution in [3.05, 3.63) is 29.3 Å². The zero-order chi connectivity index (χ0) is 14.8. The predicted molar refractivity (Wildman–Crippen MR) is 71.1 cm³/mol. The second-order valence-corrected chi connectivity index (χ2v) is 5.09. The van der Waals surface area contributed by atoms with Crippen molar-refractivity contribution in [2.24, 2.45) is 0 Å². The van der Waals surface area contributed by atoms with Crippen molar-refractivity contribution in [1.82, 2.24) is 5.06 Å². The Hall–Kier alpha value is -2.37. The molecule has 0 aromatic heterocycles. The molecule has 1 fully saturated rings. The molecule has 0 radical (unpaired) electrons. The first-order valence-corrected chi connectivity index (χ1v) is 6.94. The van der Waals surface area contributed by atoms with Gasteiger partial charge in [-0.3, -0.25) is 9.59 Å². The van der Waals surface area contributed by atoms with Gasteiger partial charge in [0.15, 0.2) is 0 Å². The average Bonchev–Trinajstić information content (AvgIpc) is 3.06. The lowest BCUT2D eigenvalue weighted by atomic mass is 10.1. The van der Waals surface area contributed by atoms with Gasteiger partial charge < -0.3 is 9.57 Å². The molecule has 3 rings (SSSR count). The fraction of sp³-hybridized carbons (Fsp3) is 0.400. The summed E-state index contributed by atoms with van der Waals surface area (Å²) in [6.07, 6.45) is 1.72. The molecule has 2 heterocycles. The zero-order valence-electron chi connectivity index (χ0n) is 11.5. The lowest BCUT2D eigenvalue weighted by molar-refractivity contribution is -0.197. The molecule has 0 aliphatic carbocycles. The number of nitrogens with zero attached hydrogens (tertiary/aromatic N) is 1. The van der Waals surface area contributed by atoms with E-state index in [4.69, 9.17) is 9.57 Å². The first-order chi connectivity index (χ1) is 10.1. The summed E-state index contributed by atoms with van der Waals surface area (Å²) in [6.45, 7) is 0.694. The molecule has 21 heavy (non-hydrogen) atoms. The maximum absolute atomic E-state index is 11.7. The van der Waals surface area contributed by atoms with E-state index in [2.05, 4.69) is 0 Å². The van der Waals surface area contributed by atoms with Crippen LogP contribution in [0.15, 0.2) is 18.2 Å². The summed E-state index contributed by atoms with van der Waals surface area (Å²) >= 11 is 0. The van der Waals surface area contributed by atoms with Gasteiger partial charge in [0.25, 0.3) is 11.8 Å². The Labute approximate surface area is 121 Å². The molecule has 2 aliphatic rings. The molecule has 1 aromatic rings. The fourth-order valence-electron chi connectivity index (χ4n) is 2.45. The Balaban J connectivity index is 1.54. The number of imide groups is 1. The van der Waals surface area contributed by atoms with E-state index in [0.717, 1.165) is 23.3 Å². The van der Waals surface area contributed by atoms with E-state index in [-0.39, 0.29) is 19.3 Å². The largest absolute Gasteiger partial charge is 0.493 e. The van der Waals surface area contributed by atoms with Gasteiger partial charge in [-0.15, -0.1) is 5.06 Å². The van der Waals surface area contributed by atoms with Crippen LogP contribution in [0, 0.1) is 0 Å². The highest BCUT2D eigenvalue weighted by Crippen LogP contribution is 2.26. The summed E-state index contributed by atoms with van der Waals surface area (Å²) in [5.41, 5.74) is 2.15. The SMILES string of the molecule is O=C(CCc1ccc2c(c1)CCO2)ON1C(=O)CCC1=O. The van der Waals surface area contributed by atoms with Crippen molar-refractivity contribution in [2.45, 2.75) is 32.1 Å². The van der Waals surface area contributed by atoms with E-state index in [9.17, 15) is 14.4 Å². The first-order valence-electron chi connectivity index (χ1n) is 6.94. The van der Waals surface area contributed by atoms with Gasteiger partial charge in [-0.1, -0.05) is 12.1 Å². The molecular weight excluding hydrogens is 274 g/mol. The Morgan fingerprint density at radius 1 is 1.19 bits per heavy atom. The molecule has 110 valence electrons. The number of hydrogen-bond donors (Lipinski definition) is 0. The van der Waals surface area contributed by atoms with E-state index in [1.54, 1.807) is 0 Å². The van der Waals surface area contributed by atoms with Crippen molar-refractivity contribution in [1.29, 1.82) is 0 Å². The van der Waals surface area contributed by atoms with Gasteiger partial charge >= 0.3 is 5.97 Å². The number of hydrogen-bond acceptors (Lipinski definition) is 5. The molecule has 2 amide bonds. The van der Waals surface area contributed by atoms with Crippen LogP contribution < -0.4 is 4.74 Å². The molecule has 0 N–H and O–H groups in total. The minimum Gasteiger partial charge on any atom is -0.493 e. The van der Waals surface area contributed by atoms with Crippen LogP contribution >= 0.6 is 0 Å². The van der Waals surface area contributed by atoms with Crippen LogP contribution in [0.2, 0.25) is 0 Å². The average molecular weight is 289 g/mol. The maximum atomic E-state index is 11.7. The number of hydroxylamine groups is 2. The lowest BCUT2D eigenvalue weighted by Crippen LogP contribution is -2.32. The van der Waals surface area contributed by atoms with Crippen LogP contribution in [-0.4, -0.2) is 29.5 Å². The first kappa shape index (κ1) is 13.6. The minimum absolute atomic E-state index is 0.108. The van der Waals surface area contributed by atoms with E-state index in [0.29, 0.717) is 18.1 Å². The molecule has 1 aromatic carbocycles. The van der Waals surface area contributed by atoms with Crippen LogP contribution in [0.3, 0.4) is 0 Å². The summed E-state index contributed by atoms with van der Waals surface area (Å²) < 4.78 is 5.42. The van der Waals surface area contributed by atoms with Gasteiger partial charge in [-0.25, -0.2) is 4.79 Å². The van der Waals surface area contributed by atoms with Gasteiger partial charge in [-0.2, -0.15) is 0 Å². The van der Waals surface area contributed by atoms with Crippen molar-refractivity contribution < 1.29 is 24.0 Å². The molecule has 6 nitrogen and oxygen atoms in total. The Bertz CT molecular complexity index is 594. The van der Waals surface area contributed by atoms with Crippen molar-refractivity contribution in [3.8, 4) is 5.75 Å². The number of amides is 2. The third kappa shape index (κ3) is 2.89. The molecule has 1 saturated heterocycles. The summed E-state index contributed by atoms with van der Waals surface area (Å²) in [4.78, 5) is 39.2. The van der Waals surface area contributed by atoms with Crippen LogP contribution in [0.1, 0.15) is 30.4 Å². The van der Waals surface area contributed by atoms with Crippen LogP contribution in [0.4, 0.5) is 0 Å². The van der Waals surface area contributed by atoms with Crippen LogP contribution in [-0.2, 0) is 32.1 Å². The number of ether oxygens (including phenoxy) is 1. The second kappa shape index (κ2) is 5.55. The topological polar surface area (TPSA) is 72.9 Å². The molecule has 2 aliphatic heterocycles. The van der Waals surface area contributed by atoms with Crippen molar-refractivity contribution in [3.63, 3.8) is 0 Å². The molecular formula is C15H15NO5. The van der Waals surface area contributed by atoms with E-state index >= 15 is 0 Å². The monoisotopic (exact) mass is 289 g/mol. The smallest absolute Gasteiger partial charge is 0.333 e. The zero-order valence-corrected chi connectivity index (χ0v) is 11.5. The molecule has 0 unspecified atom stereocenters. The van der Waals surface area contributed by atoms with Gasteiger partial charge in [-0.05, 0) is 23.6 Å². The maximum Gasteiger partial charge on any atom is 0.333 e. The second-order valence-electron chi connectivity index (χ2n) is 5.09. The lowest BCUT2D eigenvalue weighted by Gasteiger charge is -2.12. The Morgan fingerprint density at radius 3 is 2.71 bits per heavy atom. The van der Waals surface area contributed by atoms with E-state index < -0.39 is 17.8 Å². The van der Waals surface area contributed by atoms with Crippen molar-refractivity contribution >= 4 is 17.8 Å². The predicted octanol–water partition coefficient (Wildman–Crippen LogP) is 1.16. The summed E-state index contributed by atoms with van der Waals surface area (Å²) in [5.74, 6) is -0.587. The van der Waals surface area contributed by atoms with Crippen LogP contribution in [0.5, 0.6) is 5.75 Å². The third-order valence-corrected chi connectivity index (χ3v) is 3.57. The molecule has 0 atom stereocenters. The van der Waals surface area contributed by atoms with Gasteiger partial charge in [0, 0.05) is 19.3 Å². The highest BCUT2D eigenvalue weighted by Gasteiger charge is 2.32. The number of benzene rings is 1. The van der Waals surface area contributed by atoms with Crippen LogP contribution in [0.25, 0.3) is 0 Å². The van der Waals surface area contributed by atoms with E-state index in [1.807, 2.05) is 18.2 Å². The van der Waals surface area contributed by atoms with Gasteiger partial charge in [0.2, 0.25) is 0 Å². The molecule has 0 spiro atoms. The Morgan fingerprint density at radius 2 is 1.95 bits per heavy atom. The third-order valence-electron chi connectivity index (χ3n) is 3.57. The number of fused-ring (bicyclic) bond motifs is 1. The molecule has 0 saturated carbocycles. The highest BCUT2D eigenvalue weighted by atomic mass is 16.7. The summed E-state index contributed by atoms with van der Waals surface area (Å²) in [6, 6.07) is 5.82. The molecule has 6 heteroatoms. The van der Waals surface area contributed by atoms with Gasteiger partial charge in [0.1, 0.15) is 5.75 Å². The minimum atomic E-state index is -0.574. The highest BCUT2D eigenvalue weighted by molar-refractivity contribution is 6.01. The van der Waals surface area contributed by atoms with Crippen molar-refractivity contribution in [2.75, 3.05) is 6.61 Å². The number of carbonyl (C=O) groups is 3. The Kier molecular flexibility index (Phi) is 3.60. The quantitative estimate of drug-likeness (QED) is 0.778. The standard InChI is InChI=1S/C15H15NO5/c17-13-4-5-14(18)16(13)21-15(19)6-2-10-1-3-12-11(9-10)7-8-20-12/h1,3,9H,2,4-8H2. The number of aryl methyl sites for hydroxylation is 1. The number of carbonyl (C=O) groups excluding carboxylic acids is 3. The summed E-state index contributed by atoms with van der Waals surface area (Å²) in [7, 11) is 0. The summed E-state index contributed by atoms with van der Waals surface area (Å²) in [5, 5.41) is 0.582. The van der Waals surface area contributed by atoms with Gasteiger partial charge in [0.05, 0.1) is 13.0 Å². The normalized spacial score (nSPS) is 16.9. The fourth-order valence-corrected chi connectivity index (χ4v) is 2.45.